The maximum absolute atomic E-state index is 6.24. The van der Waals surface area contributed by atoms with Crippen molar-refractivity contribution in [2.75, 3.05) is 26.7 Å². The van der Waals surface area contributed by atoms with E-state index >= 15 is 0 Å². The first-order chi connectivity index (χ1) is 8.93. The maximum Gasteiger partial charge on any atom is 0.0698 e. The van der Waals surface area contributed by atoms with E-state index in [1.165, 1.54) is 32.2 Å². The van der Waals surface area contributed by atoms with Crippen LogP contribution in [-0.4, -0.2) is 43.3 Å². The van der Waals surface area contributed by atoms with Crippen LogP contribution < -0.4 is 5.73 Å². The van der Waals surface area contributed by atoms with Gasteiger partial charge in [0.2, 0.25) is 0 Å². The second-order valence-corrected chi connectivity index (χ2v) is 7.07. The molecule has 3 heteroatoms. The molecule has 0 saturated carbocycles. The number of ether oxygens (including phenoxy) is 1. The van der Waals surface area contributed by atoms with Gasteiger partial charge in [0.1, 0.15) is 0 Å². The predicted octanol–water partition coefficient (Wildman–Crippen LogP) is 2.89. The second-order valence-electron chi connectivity index (χ2n) is 7.07. The highest BCUT2D eigenvalue weighted by Gasteiger charge is 2.38. The van der Waals surface area contributed by atoms with E-state index in [0.29, 0.717) is 17.9 Å². The summed E-state index contributed by atoms with van der Waals surface area (Å²) in [7, 11) is 1.84. The van der Waals surface area contributed by atoms with Crippen molar-refractivity contribution in [3.8, 4) is 0 Å². The molecule has 0 bridgehead atoms. The van der Waals surface area contributed by atoms with Crippen LogP contribution in [0.3, 0.4) is 0 Å². The predicted molar refractivity (Wildman–Crippen MR) is 82.3 cm³/mol. The molecule has 1 saturated heterocycles. The molecule has 0 aromatic carbocycles. The summed E-state index contributed by atoms with van der Waals surface area (Å²) < 4.78 is 5.59. The number of hydrogen-bond donors (Lipinski definition) is 1. The van der Waals surface area contributed by atoms with E-state index in [1.807, 2.05) is 7.11 Å². The average Bonchev–Trinajstić information content (AvgIpc) is 2.36. The molecule has 2 N–H and O–H groups in total. The van der Waals surface area contributed by atoms with Gasteiger partial charge in [0, 0.05) is 25.7 Å². The fourth-order valence-electron chi connectivity index (χ4n) is 3.72. The number of piperidine rings is 1. The number of methoxy groups -OCH3 is 1. The van der Waals surface area contributed by atoms with Crippen molar-refractivity contribution in [2.45, 2.75) is 65.0 Å². The van der Waals surface area contributed by atoms with Crippen molar-refractivity contribution in [1.29, 1.82) is 0 Å². The molecule has 1 rings (SSSR count). The van der Waals surface area contributed by atoms with Crippen LogP contribution in [-0.2, 0) is 4.74 Å². The Hall–Kier alpha value is -0.120. The minimum Gasteiger partial charge on any atom is -0.380 e. The lowest BCUT2D eigenvalue weighted by Crippen LogP contribution is -2.59. The van der Waals surface area contributed by atoms with Crippen molar-refractivity contribution >= 4 is 0 Å². The Morgan fingerprint density at radius 3 is 2.21 bits per heavy atom. The van der Waals surface area contributed by atoms with Crippen LogP contribution in [0.2, 0.25) is 0 Å². The Kier molecular flexibility index (Phi) is 6.78. The largest absolute Gasteiger partial charge is 0.380 e. The second kappa shape index (κ2) is 7.61. The zero-order chi connectivity index (χ0) is 14.5. The monoisotopic (exact) mass is 270 g/mol. The molecule has 1 unspecified atom stereocenters. The smallest absolute Gasteiger partial charge is 0.0698 e. The van der Waals surface area contributed by atoms with Crippen molar-refractivity contribution < 1.29 is 4.74 Å². The minimum absolute atomic E-state index is 0.166. The number of hydrogen-bond acceptors (Lipinski definition) is 3. The van der Waals surface area contributed by atoms with Gasteiger partial charge in [-0.05, 0) is 44.1 Å². The minimum atomic E-state index is 0.166. The summed E-state index contributed by atoms with van der Waals surface area (Å²) >= 11 is 0. The maximum atomic E-state index is 6.24. The van der Waals surface area contributed by atoms with Crippen LogP contribution >= 0.6 is 0 Å². The molecule has 3 nitrogen and oxygen atoms in total. The summed E-state index contributed by atoms with van der Waals surface area (Å²) in [4.78, 5) is 2.63. The van der Waals surface area contributed by atoms with Gasteiger partial charge in [-0.25, -0.2) is 0 Å². The third-order valence-corrected chi connectivity index (χ3v) is 4.34. The Bertz CT molecular complexity index is 243. The Morgan fingerprint density at radius 1 is 1.21 bits per heavy atom. The van der Waals surface area contributed by atoms with Crippen LogP contribution in [0.1, 0.15) is 53.4 Å². The SMILES string of the molecule is COC1CCCN(C(CN)(CC(C)C)CC(C)C)C1. The summed E-state index contributed by atoms with van der Waals surface area (Å²) in [5.74, 6) is 1.37. The van der Waals surface area contributed by atoms with E-state index in [2.05, 4.69) is 32.6 Å². The highest BCUT2D eigenvalue weighted by atomic mass is 16.5. The van der Waals surface area contributed by atoms with Gasteiger partial charge >= 0.3 is 0 Å². The first-order valence-electron chi connectivity index (χ1n) is 7.91. The molecular weight excluding hydrogens is 236 g/mol. The molecule has 0 amide bonds. The standard InChI is InChI=1S/C16H34N2O/c1-13(2)9-16(12-17,10-14(3)4)18-8-6-7-15(11-18)19-5/h13-15H,6-12,17H2,1-5H3. The summed E-state index contributed by atoms with van der Waals surface area (Å²) in [5.41, 5.74) is 6.41. The number of likely N-dealkylation sites (tertiary alicyclic amines) is 1. The summed E-state index contributed by atoms with van der Waals surface area (Å²) in [5, 5.41) is 0. The lowest BCUT2D eigenvalue weighted by molar-refractivity contribution is -0.0318. The third kappa shape index (κ3) is 4.73. The molecule has 0 aliphatic carbocycles. The molecule has 1 heterocycles. The van der Waals surface area contributed by atoms with Gasteiger partial charge in [-0.15, -0.1) is 0 Å². The number of nitrogens with zero attached hydrogens (tertiary/aromatic N) is 1. The van der Waals surface area contributed by atoms with Gasteiger partial charge in [0.05, 0.1) is 6.10 Å². The summed E-state index contributed by atoms with van der Waals surface area (Å²) in [6.07, 6.45) is 5.20. The quantitative estimate of drug-likeness (QED) is 0.773. The van der Waals surface area contributed by atoms with E-state index in [-0.39, 0.29) is 5.54 Å². The number of rotatable bonds is 7. The van der Waals surface area contributed by atoms with Crippen molar-refractivity contribution in [2.24, 2.45) is 17.6 Å². The van der Waals surface area contributed by atoms with Gasteiger partial charge in [-0.2, -0.15) is 0 Å². The zero-order valence-electron chi connectivity index (χ0n) is 13.6. The van der Waals surface area contributed by atoms with Gasteiger partial charge < -0.3 is 10.5 Å². The average molecular weight is 270 g/mol. The first-order valence-corrected chi connectivity index (χ1v) is 7.91. The van der Waals surface area contributed by atoms with Gasteiger partial charge in [0.25, 0.3) is 0 Å². The van der Waals surface area contributed by atoms with Crippen molar-refractivity contribution in [1.82, 2.24) is 4.90 Å². The molecule has 1 aliphatic heterocycles. The Labute approximate surface area is 119 Å². The molecule has 19 heavy (non-hydrogen) atoms. The highest BCUT2D eigenvalue weighted by Crippen LogP contribution is 2.33. The topological polar surface area (TPSA) is 38.5 Å². The lowest BCUT2D eigenvalue weighted by atomic mass is 9.79. The fraction of sp³-hybridized carbons (Fsp3) is 1.00. The molecule has 0 spiro atoms. The van der Waals surface area contributed by atoms with E-state index in [9.17, 15) is 0 Å². The van der Waals surface area contributed by atoms with E-state index in [0.717, 1.165) is 13.1 Å². The van der Waals surface area contributed by atoms with Crippen LogP contribution in [0.4, 0.5) is 0 Å². The number of nitrogens with two attached hydrogens (primary N) is 1. The summed E-state index contributed by atoms with van der Waals surface area (Å²) in [6, 6.07) is 0. The van der Waals surface area contributed by atoms with Gasteiger partial charge in [0.15, 0.2) is 0 Å². The van der Waals surface area contributed by atoms with Crippen LogP contribution in [0.15, 0.2) is 0 Å². The normalized spacial score (nSPS) is 22.4. The summed E-state index contributed by atoms with van der Waals surface area (Å²) in [6.45, 7) is 12.2. The molecule has 1 atom stereocenters. The first kappa shape index (κ1) is 16.9. The highest BCUT2D eigenvalue weighted by molar-refractivity contribution is 4.95. The molecule has 0 aromatic heterocycles. The molecule has 0 aromatic rings. The molecule has 114 valence electrons. The van der Waals surface area contributed by atoms with Gasteiger partial charge in [-0.3, -0.25) is 4.90 Å². The third-order valence-electron chi connectivity index (χ3n) is 4.34. The van der Waals surface area contributed by atoms with E-state index in [1.54, 1.807) is 0 Å². The molecular formula is C16H34N2O. The Balaban J connectivity index is 2.86. The van der Waals surface area contributed by atoms with Crippen molar-refractivity contribution in [3.05, 3.63) is 0 Å². The van der Waals surface area contributed by atoms with E-state index < -0.39 is 0 Å². The molecule has 1 aliphatic rings. The fourth-order valence-corrected chi connectivity index (χ4v) is 3.72. The van der Waals surface area contributed by atoms with Crippen LogP contribution in [0.5, 0.6) is 0 Å². The Morgan fingerprint density at radius 2 is 1.79 bits per heavy atom. The van der Waals surface area contributed by atoms with Crippen LogP contribution in [0, 0.1) is 11.8 Å². The zero-order valence-corrected chi connectivity index (χ0v) is 13.6. The molecule has 0 radical (unpaired) electrons. The van der Waals surface area contributed by atoms with Crippen LogP contribution in [0.25, 0.3) is 0 Å². The lowest BCUT2D eigenvalue weighted by Gasteiger charge is -2.49. The van der Waals surface area contributed by atoms with Crippen molar-refractivity contribution in [3.63, 3.8) is 0 Å². The van der Waals surface area contributed by atoms with Gasteiger partial charge in [-0.1, -0.05) is 27.7 Å². The van der Waals surface area contributed by atoms with E-state index in [4.69, 9.17) is 10.5 Å². The molecule has 1 fully saturated rings.